The van der Waals surface area contributed by atoms with Crippen molar-refractivity contribution < 1.29 is 18.9 Å². The third-order valence-electron chi connectivity index (χ3n) is 5.55. The molecule has 0 spiro atoms. The molecule has 0 bridgehead atoms. The van der Waals surface area contributed by atoms with Crippen LogP contribution in [0, 0.1) is 5.92 Å². The highest BCUT2D eigenvalue weighted by Crippen LogP contribution is 2.36. The van der Waals surface area contributed by atoms with E-state index in [0.717, 1.165) is 23.9 Å². The van der Waals surface area contributed by atoms with Gasteiger partial charge in [0.05, 0.1) is 11.2 Å². The number of nitrogens with two attached hydrogens (primary N) is 1. The average Bonchev–Trinajstić information content (AvgIpc) is 3.35. The molecule has 0 aromatic heterocycles. The van der Waals surface area contributed by atoms with E-state index in [-0.39, 0.29) is 23.0 Å². The molecule has 2 amide bonds. The van der Waals surface area contributed by atoms with Crippen molar-refractivity contribution in [2.24, 2.45) is 11.7 Å². The van der Waals surface area contributed by atoms with Crippen molar-refractivity contribution in [1.82, 2.24) is 5.32 Å². The van der Waals surface area contributed by atoms with Crippen LogP contribution in [0.15, 0.2) is 24.3 Å². The lowest BCUT2D eigenvalue weighted by molar-refractivity contribution is -0.128. The third-order valence-corrected chi connectivity index (χ3v) is 5.55. The molecule has 1 aliphatic heterocycles. The standard InChI is InChI=1S/C19H27BN2O4/c1-18(2)19(3,4)26-20(25-18)14-9-5-12(6-10-14)11-15(16(21)23)22-17(24)13-7-8-13/h5-6,9-10,13,15H,7-8,11H2,1-4H3,(H2,21,23)(H,22,24)/t15-/m1/s1. The van der Waals surface area contributed by atoms with E-state index in [1.165, 1.54) is 0 Å². The topological polar surface area (TPSA) is 90.6 Å². The van der Waals surface area contributed by atoms with Crippen LogP contribution in [0.2, 0.25) is 0 Å². The molecule has 1 atom stereocenters. The molecule has 6 nitrogen and oxygen atoms in total. The fourth-order valence-electron chi connectivity index (χ4n) is 2.88. The number of carbonyl (C=O) groups excluding carboxylic acids is 2. The minimum atomic E-state index is -0.689. The summed E-state index contributed by atoms with van der Waals surface area (Å²) in [6.07, 6.45) is 2.15. The van der Waals surface area contributed by atoms with Gasteiger partial charge in [-0.2, -0.15) is 0 Å². The first kappa shape index (κ1) is 18.9. The molecule has 2 aliphatic rings. The van der Waals surface area contributed by atoms with Crippen molar-refractivity contribution in [3.8, 4) is 0 Å². The van der Waals surface area contributed by atoms with Gasteiger partial charge in [-0.05, 0) is 51.6 Å². The van der Waals surface area contributed by atoms with Crippen LogP contribution in [0.1, 0.15) is 46.1 Å². The Morgan fingerprint density at radius 1 is 1.15 bits per heavy atom. The van der Waals surface area contributed by atoms with Crippen LogP contribution in [0.25, 0.3) is 0 Å². The molecule has 2 fully saturated rings. The van der Waals surface area contributed by atoms with Crippen LogP contribution in [0.4, 0.5) is 0 Å². The molecule has 7 heteroatoms. The molecule has 1 saturated carbocycles. The minimum Gasteiger partial charge on any atom is -0.399 e. The number of amides is 2. The van der Waals surface area contributed by atoms with Gasteiger partial charge in [-0.1, -0.05) is 24.3 Å². The molecule has 0 unspecified atom stereocenters. The van der Waals surface area contributed by atoms with Crippen molar-refractivity contribution in [2.75, 3.05) is 0 Å². The lowest BCUT2D eigenvalue weighted by Gasteiger charge is -2.32. The second kappa shape index (κ2) is 6.70. The van der Waals surface area contributed by atoms with E-state index in [1.54, 1.807) is 0 Å². The molecule has 1 heterocycles. The molecule has 1 saturated heterocycles. The highest BCUT2D eigenvalue weighted by atomic mass is 16.7. The number of carbonyl (C=O) groups is 2. The lowest BCUT2D eigenvalue weighted by Crippen LogP contribution is -2.46. The van der Waals surface area contributed by atoms with Gasteiger partial charge in [0.15, 0.2) is 0 Å². The van der Waals surface area contributed by atoms with Gasteiger partial charge >= 0.3 is 7.12 Å². The fourth-order valence-corrected chi connectivity index (χ4v) is 2.88. The van der Waals surface area contributed by atoms with Crippen LogP contribution >= 0.6 is 0 Å². The summed E-state index contributed by atoms with van der Waals surface area (Å²) in [7, 11) is -0.421. The quantitative estimate of drug-likeness (QED) is 0.740. The van der Waals surface area contributed by atoms with E-state index >= 15 is 0 Å². The molecular formula is C19H27BN2O4. The van der Waals surface area contributed by atoms with E-state index in [9.17, 15) is 9.59 Å². The Labute approximate surface area is 154 Å². The predicted octanol–water partition coefficient (Wildman–Crippen LogP) is 0.908. The van der Waals surface area contributed by atoms with Gasteiger partial charge in [-0.25, -0.2) is 0 Å². The van der Waals surface area contributed by atoms with Crippen molar-refractivity contribution in [3.63, 3.8) is 0 Å². The normalized spacial score (nSPS) is 22.1. The first-order chi connectivity index (χ1) is 12.1. The first-order valence-electron chi connectivity index (χ1n) is 9.13. The van der Waals surface area contributed by atoms with Gasteiger partial charge in [-0.15, -0.1) is 0 Å². The smallest absolute Gasteiger partial charge is 0.399 e. The van der Waals surface area contributed by atoms with Crippen LogP contribution < -0.4 is 16.5 Å². The van der Waals surface area contributed by atoms with Gasteiger partial charge in [-0.3, -0.25) is 9.59 Å². The zero-order chi connectivity index (χ0) is 19.1. The third kappa shape index (κ3) is 3.94. The lowest BCUT2D eigenvalue weighted by atomic mass is 9.78. The molecule has 1 aromatic carbocycles. The van der Waals surface area contributed by atoms with E-state index in [4.69, 9.17) is 15.0 Å². The van der Waals surface area contributed by atoms with Crippen LogP contribution in [0.5, 0.6) is 0 Å². The summed E-state index contributed by atoms with van der Waals surface area (Å²) >= 11 is 0. The summed E-state index contributed by atoms with van der Waals surface area (Å²) in [5.41, 5.74) is 6.51. The summed E-state index contributed by atoms with van der Waals surface area (Å²) in [5, 5.41) is 2.76. The average molecular weight is 358 g/mol. The summed E-state index contributed by atoms with van der Waals surface area (Å²) in [4.78, 5) is 23.6. The highest BCUT2D eigenvalue weighted by molar-refractivity contribution is 6.62. The van der Waals surface area contributed by atoms with Crippen molar-refractivity contribution >= 4 is 24.4 Å². The zero-order valence-corrected chi connectivity index (χ0v) is 15.9. The monoisotopic (exact) mass is 358 g/mol. The van der Waals surface area contributed by atoms with E-state index in [1.807, 2.05) is 52.0 Å². The maximum Gasteiger partial charge on any atom is 0.494 e. The SMILES string of the molecule is CC1(C)OB(c2ccc(C[C@@H](NC(=O)C3CC3)C(N)=O)cc2)OC1(C)C. The molecular weight excluding hydrogens is 331 g/mol. The molecule has 26 heavy (non-hydrogen) atoms. The second-order valence-corrected chi connectivity index (χ2v) is 8.27. The highest BCUT2D eigenvalue weighted by Gasteiger charge is 2.51. The number of benzene rings is 1. The van der Waals surface area contributed by atoms with E-state index in [0.29, 0.717) is 6.42 Å². The Balaban J connectivity index is 1.65. The van der Waals surface area contributed by atoms with Gasteiger partial charge in [0.25, 0.3) is 0 Å². The van der Waals surface area contributed by atoms with Gasteiger partial charge in [0.2, 0.25) is 11.8 Å². The van der Waals surface area contributed by atoms with Crippen LogP contribution in [0.3, 0.4) is 0 Å². The summed E-state index contributed by atoms with van der Waals surface area (Å²) < 4.78 is 12.1. The number of hydrogen-bond acceptors (Lipinski definition) is 4. The number of hydrogen-bond donors (Lipinski definition) is 2. The minimum absolute atomic E-state index is 0.0441. The summed E-state index contributed by atoms with van der Waals surface area (Å²) in [5.74, 6) is -0.556. The maximum atomic E-state index is 11.9. The summed E-state index contributed by atoms with van der Waals surface area (Å²) in [6, 6.07) is 7.00. The second-order valence-electron chi connectivity index (χ2n) is 8.27. The van der Waals surface area contributed by atoms with E-state index in [2.05, 4.69) is 5.32 Å². The Morgan fingerprint density at radius 2 is 1.69 bits per heavy atom. The molecule has 140 valence electrons. The van der Waals surface area contributed by atoms with Gasteiger partial charge in [0, 0.05) is 12.3 Å². The molecule has 0 radical (unpaired) electrons. The number of nitrogens with one attached hydrogen (secondary N) is 1. The van der Waals surface area contributed by atoms with Crippen LogP contribution in [-0.2, 0) is 25.3 Å². The molecule has 3 N–H and O–H groups in total. The van der Waals surface area contributed by atoms with Crippen molar-refractivity contribution in [2.45, 2.75) is 64.2 Å². The fraction of sp³-hybridized carbons (Fsp3) is 0.579. The van der Waals surface area contributed by atoms with Crippen molar-refractivity contribution in [1.29, 1.82) is 0 Å². The number of rotatable bonds is 6. The Hall–Kier alpha value is -1.86. The Kier molecular flexibility index (Phi) is 4.88. The maximum absolute atomic E-state index is 11.9. The molecule has 3 rings (SSSR count). The van der Waals surface area contributed by atoms with Gasteiger partial charge in [0.1, 0.15) is 6.04 Å². The predicted molar refractivity (Wildman–Crippen MR) is 99.7 cm³/mol. The number of primary amides is 1. The van der Waals surface area contributed by atoms with E-state index < -0.39 is 19.1 Å². The zero-order valence-electron chi connectivity index (χ0n) is 15.9. The van der Waals surface area contributed by atoms with Crippen LogP contribution in [-0.4, -0.2) is 36.2 Å². The van der Waals surface area contributed by atoms with Crippen molar-refractivity contribution in [3.05, 3.63) is 29.8 Å². The Morgan fingerprint density at radius 3 is 2.15 bits per heavy atom. The molecule has 1 aliphatic carbocycles. The summed E-state index contributed by atoms with van der Waals surface area (Å²) in [6.45, 7) is 8.06. The Bertz CT molecular complexity index is 682. The largest absolute Gasteiger partial charge is 0.494 e. The first-order valence-corrected chi connectivity index (χ1v) is 9.13. The molecule has 1 aromatic rings. The van der Waals surface area contributed by atoms with Gasteiger partial charge < -0.3 is 20.4 Å².